The average Bonchev–Trinajstić information content (AvgIpc) is 2.99. The molecule has 0 bridgehead atoms. The van der Waals surface area contributed by atoms with Crippen LogP contribution < -0.4 is 0 Å². The number of rotatable bonds is 19. The predicted octanol–water partition coefficient (Wildman–Crippen LogP) is 7.05. The van der Waals surface area contributed by atoms with E-state index in [4.69, 9.17) is 24.2 Å². The van der Waals surface area contributed by atoms with Gasteiger partial charge in [-0.25, -0.2) is 19.2 Å². The molecule has 0 fully saturated rings. The van der Waals surface area contributed by atoms with Crippen LogP contribution in [0.2, 0.25) is 0 Å². The van der Waals surface area contributed by atoms with Crippen molar-refractivity contribution in [3.63, 3.8) is 0 Å². The molecule has 2 aromatic rings. The van der Waals surface area contributed by atoms with Crippen molar-refractivity contribution in [3.05, 3.63) is 64.7 Å². The summed E-state index contributed by atoms with van der Waals surface area (Å²) in [7, 11) is -4.92. The third-order valence-electron chi connectivity index (χ3n) is 6.56. The van der Waals surface area contributed by atoms with Gasteiger partial charge in [-0.05, 0) is 37.1 Å². The Morgan fingerprint density at radius 2 is 0.909 bits per heavy atom. The third-order valence-corrected chi connectivity index (χ3v) is 7.52. The fraction of sp³-hybridized carbons (Fsp3) is 0.500. The van der Waals surface area contributed by atoms with Crippen molar-refractivity contribution in [1.82, 2.24) is 0 Å². The predicted molar refractivity (Wildman–Crippen MR) is 164 cm³/mol. The van der Waals surface area contributed by atoms with E-state index in [9.17, 15) is 27.6 Å². The Bertz CT molecular complexity index is 1240. The molecule has 0 spiro atoms. The van der Waals surface area contributed by atoms with E-state index in [2.05, 4.69) is 13.8 Å². The largest absolute Gasteiger partial charge is 0.478 e. The molecule has 0 aliphatic carbocycles. The zero-order chi connectivity index (χ0) is 33.0. The zero-order valence-corrected chi connectivity index (χ0v) is 26.3. The van der Waals surface area contributed by atoms with E-state index in [1.54, 1.807) is 24.3 Å². The second-order valence-corrected chi connectivity index (χ2v) is 11.5. The molecule has 2 rings (SSSR count). The van der Waals surface area contributed by atoms with Gasteiger partial charge in [-0.15, -0.1) is 0 Å². The van der Waals surface area contributed by atoms with Crippen molar-refractivity contribution >= 4 is 34.0 Å². The summed E-state index contributed by atoms with van der Waals surface area (Å²) in [6, 6.07) is 9.59. The number of hydrogen-bond donors (Lipinski definition) is 3. The first-order chi connectivity index (χ1) is 20.9. The summed E-state index contributed by atoms with van der Waals surface area (Å²) in [5.74, 6) is -4.17. The van der Waals surface area contributed by atoms with Crippen LogP contribution in [0.4, 0.5) is 0 Å². The Labute approximate surface area is 259 Å². The summed E-state index contributed by atoms with van der Waals surface area (Å²) >= 11 is 0. The number of carboxylic acids is 2. The van der Waals surface area contributed by atoms with E-state index < -0.39 is 50.0 Å². The second-order valence-electron chi connectivity index (χ2n) is 10.1. The Morgan fingerprint density at radius 3 is 1.25 bits per heavy atom. The molecule has 0 amide bonds. The minimum atomic E-state index is -4.92. The number of benzene rings is 2. The number of hydrogen-bond acceptors (Lipinski definition) is 8. The van der Waals surface area contributed by atoms with Gasteiger partial charge in [0.1, 0.15) is 4.90 Å². The van der Waals surface area contributed by atoms with E-state index in [0.29, 0.717) is 24.3 Å². The van der Waals surface area contributed by atoms with Crippen LogP contribution in [-0.4, -0.2) is 60.3 Å². The highest BCUT2D eigenvalue weighted by Gasteiger charge is 2.27. The van der Waals surface area contributed by atoms with Crippen molar-refractivity contribution in [3.8, 4) is 0 Å². The van der Waals surface area contributed by atoms with Crippen LogP contribution in [0.25, 0.3) is 0 Å². The lowest BCUT2D eigenvalue weighted by molar-refractivity contribution is 0.0450. The van der Waals surface area contributed by atoms with E-state index in [1.165, 1.54) is 51.4 Å². The number of carbonyl (C=O) groups excluding carboxylic acids is 2. The van der Waals surface area contributed by atoms with Gasteiger partial charge in [-0.2, -0.15) is 8.42 Å². The van der Waals surface area contributed by atoms with Crippen molar-refractivity contribution < 1.29 is 51.8 Å². The molecular weight excluding hydrogens is 592 g/mol. The minimum Gasteiger partial charge on any atom is -0.478 e. The van der Waals surface area contributed by atoms with E-state index in [0.717, 1.165) is 43.9 Å². The Kier molecular flexibility index (Phi) is 18.3. The summed E-state index contributed by atoms with van der Waals surface area (Å²) in [5, 5.41) is 17.3. The number of ether oxygens (including phenoxy) is 2. The summed E-state index contributed by atoms with van der Waals surface area (Å²) in [5.41, 5.74) is -0.993. The van der Waals surface area contributed by atoms with E-state index in [-0.39, 0.29) is 0 Å². The lowest BCUT2D eigenvalue weighted by Crippen LogP contribution is -2.15. The van der Waals surface area contributed by atoms with Gasteiger partial charge in [0.05, 0.1) is 35.5 Å². The lowest BCUT2D eigenvalue weighted by atomic mass is 10.1. The maximum atomic E-state index is 12.4. The topological polar surface area (TPSA) is 182 Å². The second kappa shape index (κ2) is 21.0. The first kappa shape index (κ1) is 38.3. The molecule has 11 nitrogen and oxygen atoms in total. The van der Waals surface area contributed by atoms with Gasteiger partial charge in [-0.1, -0.05) is 96.3 Å². The number of carboxylic acid groups (broad SMARTS) is 2. The normalized spacial score (nSPS) is 10.8. The maximum absolute atomic E-state index is 12.4. The monoisotopic (exact) mass is 636 g/mol. The van der Waals surface area contributed by atoms with Crippen LogP contribution in [0.15, 0.2) is 47.4 Å². The van der Waals surface area contributed by atoms with Crippen LogP contribution in [0.5, 0.6) is 0 Å². The molecule has 0 radical (unpaired) electrons. The number of carbonyl (C=O) groups is 4. The fourth-order valence-corrected chi connectivity index (χ4v) is 5.11. The molecule has 0 heterocycles. The molecule has 0 aromatic heterocycles. The molecule has 0 unspecified atom stereocenters. The number of unbranched alkanes of at least 4 members (excludes halogenated alkanes) is 10. The third kappa shape index (κ3) is 14.1. The molecule has 3 N–H and O–H groups in total. The van der Waals surface area contributed by atoms with Crippen LogP contribution in [-0.2, 0) is 19.6 Å². The standard InChI is InChI=1S/C24H38O4.C8H6O7S/c1-3-5-7-9-11-15-19-27-23(25)21-17-13-14-18-22(21)24(26)28-20-16-12-10-8-6-4-2;9-7(10)4-2-1-3-5(8(11)12)6(4)16(13,14)15/h13-14,17-18H,3-12,15-16,19-20H2,1-2H3;1-3H,(H,9,10)(H,11,12)(H,13,14,15). The molecule has 0 aliphatic heterocycles. The average molecular weight is 637 g/mol. The van der Waals surface area contributed by atoms with Crippen LogP contribution in [0.1, 0.15) is 132 Å². The van der Waals surface area contributed by atoms with Crippen LogP contribution >= 0.6 is 0 Å². The molecular formula is C32H44O11S. The maximum Gasteiger partial charge on any atom is 0.339 e. The lowest BCUT2D eigenvalue weighted by Gasteiger charge is -2.10. The Hall–Kier alpha value is -3.77. The fourth-order valence-electron chi connectivity index (χ4n) is 4.24. The molecule has 0 saturated heterocycles. The first-order valence-electron chi connectivity index (χ1n) is 15.0. The van der Waals surface area contributed by atoms with Gasteiger partial charge < -0.3 is 19.7 Å². The van der Waals surface area contributed by atoms with E-state index >= 15 is 0 Å². The zero-order valence-electron chi connectivity index (χ0n) is 25.5. The summed E-state index contributed by atoms with van der Waals surface area (Å²) < 4.78 is 41.3. The van der Waals surface area contributed by atoms with Crippen LogP contribution in [0, 0.1) is 0 Å². The van der Waals surface area contributed by atoms with Crippen molar-refractivity contribution in [2.45, 2.75) is 95.8 Å². The molecule has 12 heteroatoms. The molecule has 44 heavy (non-hydrogen) atoms. The summed E-state index contributed by atoms with van der Waals surface area (Å²) in [4.78, 5) is 44.9. The Balaban J connectivity index is 0.000000511. The Morgan fingerprint density at radius 1 is 0.568 bits per heavy atom. The molecule has 244 valence electrons. The highest BCUT2D eigenvalue weighted by Crippen LogP contribution is 2.21. The van der Waals surface area contributed by atoms with E-state index in [1.807, 2.05) is 0 Å². The first-order valence-corrected chi connectivity index (χ1v) is 16.4. The van der Waals surface area contributed by atoms with Gasteiger partial charge in [0.2, 0.25) is 0 Å². The van der Waals surface area contributed by atoms with Crippen molar-refractivity contribution in [2.75, 3.05) is 13.2 Å². The van der Waals surface area contributed by atoms with Crippen molar-refractivity contribution in [1.29, 1.82) is 0 Å². The number of esters is 2. The summed E-state index contributed by atoms with van der Waals surface area (Å²) in [6.45, 7) is 5.17. The van der Waals surface area contributed by atoms with Crippen molar-refractivity contribution in [2.24, 2.45) is 0 Å². The highest BCUT2D eigenvalue weighted by molar-refractivity contribution is 7.86. The number of aromatic carboxylic acids is 2. The van der Waals surface area contributed by atoms with Gasteiger partial charge in [0, 0.05) is 0 Å². The molecule has 0 aliphatic rings. The molecule has 0 saturated carbocycles. The van der Waals surface area contributed by atoms with Gasteiger partial charge in [0.25, 0.3) is 10.1 Å². The van der Waals surface area contributed by atoms with Gasteiger partial charge in [-0.3, -0.25) is 4.55 Å². The van der Waals surface area contributed by atoms with Crippen LogP contribution in [0.3, 0.4) is 0 Å². The SMILES string of the molecule is CCCCCCCCOC(=O)c1ccccc1C(=O)OCCCCCCCC.O=C(O)c1cccc(C(=O)O)c1S(=O)(=O)O. The highest BCUT2D eigenvalue weighted by atomic mass is 32.2. The molecule has 2 aromatic carbocycles. The van der Waals surface area contributed by atoms with Gasteiger partial charge >= 0.3 is 23.9 Å². The van der Waals surface area contributed by atoms with Gasteiger partial charge in [0.15, 0.2) is 0 Å². The quantitative estimate of drug-likeness (QED) is 0.0816. The molecule has 0 atom stereocenters. The minimum absolute atomic E-state index is 0.293. The summed E-state index contributed by atoms with van der Waals surface area (Å²) in [6.07, 6.45) is 13.6. The smallest absolute Gasteiger partial charge is 0.339 e.